The van der Waals surface area contributed by atoms with Crippen molar-refractivity contribution in [1.29, 1.82) is 0 Å². The lowest BCUT2D eigenvalue weighted by Crippen LogP contribution is -2.27. The molecule has 14 nitrogen and oxygen atoms in total. The van der Waals surface area contributed by atoms with Gasteiger partial charge in [-0.2, -0.15) is 19.6 Å². The van der Waals surface area contributed by atoms with Gasteiger partial charge in [-0.15, -0.1) is 0 Å². The van der Waals surface area contributed by atoms with E-state index in [9.17, 15) is 9.59 Å². The van der Waals surface area contributed by atoms with E-state index >= 15 is 0 Å². The summed E-state index contributed by atoms with van der Waals surface area (Å²) in [5.74, 6) is 0.984. The van der Waals surface area contributed by atoms with Gasteiger partial charge in [0.1, 0.15) is 22.8 Å². The molecule has 0 amide bonds. The third kappa shape index (κ3) is 7.79. The monoisotopic (exact) mass is 636 g/mol. The van der Waals surface area contributed by atoms with Crippen LogP contribution >= 0.6 is 0 Å². The summed E-state index contributed by atoms with van der Waals surface area (Å²) in [5.41, 5.74) is 16.1. The van der Waals surface area contributed by atoms with Crippen LogP contribution in [-0.4, -0.2) is 62.9 Å². The van der Waals surface area contributed by atoms with Crippen molar-refractivity contribution in [3.8, 4) is 33.6 Å². The number of ether oxygens (including phenoxy) is 2. The molecule has 1 aromatic carbocycles. The smallest absolute Gasteiger partial charge is 0.435 e. The first-order valence-corrected chi connectivity index (χ1v) is 14.7. The lowest BCUT2D eigenvalue weighted by molar-refractivity contribution is 0.0503. The Kier molecular flexibility index (Phi) is 8.77. The molecule has 0 aliphatic carbocycles. The number of H-pyrrole nitrogens is 1. The van der Waals surface area contributed by atoms with Crippen LogP contribution in [0.4, 0.5) is 21.1 Å². The van der Waals surface area contributed by atoms with Crippen molar-refractivity contribution in [3.05, 3.63) is 79.6 Å². The van der Waals surface area contributed by atoms with Gasteiger partial charge in [-0.1, -0.05) is 30.3 Å². The maximum absolute atomic E-state index is 12.2. The van der Waals surface area contributed by atoms with Crippen molar-refractivity contribution in [3.63, 3.8) is 0 Å². The van der Waals surface area contributed by atoms with Crippen LogP contribution in [0.2, 0.25) is 0 Å². The number of carbonyl (C=O) groups excluding carboxylic acids is 2. The molecule has 47 heavy (non-hydrogen) atoms. The normalized spacial score (nSPS) is 11.5. The Hall–Kier alpha value is -6.05. The van der Waals surface area contributed by atoms with Crippen molar-refractivity contribution in [1.82, 2.24) is 39.5 Å². The van der Waals surface area contributed by atoms with E-state index in [4.69, 9.17) is 20.9 Å². The molecule has 0 fully saturated rings. The minimum absolute atomic E-state index is 0.243. The second-order valence-corrected chi connectivity index (χ2v) is 12.5. The van der Waals surface area contributed by atoms with E-state index in [1.165, 1.54) is 10.9 Å². The SMILES string of the molecule is CC(C)(C)OC(=O)n1cc(-c2ccnc(N)c2N)cn1.CC(C)(C)OC(=O)n1cc(-c2ccnc3nc(-c4ccccc4)[nH]c23)cn1. The number of anilines is 2. The van der Waals surface area contributed by atoms with E-state index < -0.39 is 23.4 Å². The second-order valence-electron chi connectivity index (χ2n) is 12.5. The molecule has 0 unspecified atom stereocenters. The van der Waals surface area contributed by atoms with Gasteiger partial charge in [-0.3, -0.25) is 0 Å². The Morgan fingerprint density at radius 1 is 0.723 bits per heavy atom. The third-order valence-electron chi connectivity index (χ3n) is 6.41. The first-order chi connectivity index (χ1) is 22.2. The standard InChI is InChI=1S/C20H19N5O2.C13H17N5O2/c1-20(2,3)27-19(26)25-12-14(11-22-25)15-9-10-21-18-16(15)23-17(24-18)13-7-5-4-6-8-13;1-13(2,3)20-12(19)18-7-8(6-17-18)9-4-5-16-11(15)10(9)14/h4-12H,1-3H3,(H,21,23,24);4-7H,14H2,1-3H3,(H2,15,16). The molecule has 242 valence electrons. The molecule has 0 radical (unpaired) electrons. The summed E-state index contributed by atoms with van der Waals surface area (Å²) in [4.78, 5) is 40.2. The van der Waals surface area contributed by atoms with Crippen LogP contribution in [0.5, 0.6) is 0 Å². The summed E-state index contributed by atoms with van der Waals surface area (Å²) in [7, 11) is 0. The zero-order chi connectivity index (χ0) is 33.9. The number of benzene rings is 1. The van der Waals surface area contributed by atoms with Gasteiger partial charge in [-0.05, 0) is 53.7 Å². The fourth-order valence-corrected chi connectivity index (χ4v) is 4.37. The summed E-state index contributed by atoms with van der Waals surface area (Å²) in [6.07, 6.45) is 8.50. The van der Waals surface area contributed by atoms with Crippen LogP contribution in [0, 0.1) is 0 Å². The number of carbonyl (C=O) groups is 2. The zero-order valence-electron chi connectivity index (χ0n) is 26.9. The van der Waals surface area contributed by atoms with Crippen LogP contribution in [0.25, 0.3) is 44.8 Å². The van der Waals surface area contributed by atoms with Gasteiger partial charge in [0, 0.05) is 52.6 Å². The van der Waals surface area contributed by atoms with Gasteiger partial charge in [0.25, 0.3) is 0 Å². The van der Waals surface area contributed by atoms with E-state index in [0.29, 0.717) is 22.5 Å². The van der Waals surface area contributed by atoms with E-state index in [-0.39, 0.29) is 5.82 Å². The van der Waals surface area contributed by atoms with Gasteiger partial charge < -0.3 is 25.9 Å². The molecule has 0 spiro atoms. The maximum atomic E-state index is 12.2. The largest absolute Gasteiger partial charge is 0.442 e. The number of pyridine rings is 2. The number of hydrogen-bond donors (Lipinski definition) is 3. The van der Waals surface area contributed by atoms with Crippen molar-refractivity contribution < 1.29 is 19.1 Å². The minimum Gasteiger partial charge on any atom is -0.442 e. The number of aromatic nitrogens is 8. The molecule has 0 bridgehead atoms. The van der Waals surface area contributed by atoms with Crippen LogP contribution in [0.1, 0.15) is 41.5 Å². The minimum atomic E-state index is -0.582. The highest BCUT2D eigenvalue weighted by Gasteiger charge is 2.21. The molecule has 5 aromatic heterocycles. The van der Waals surface area contributed by atoms with E-state index in [2.05, 4.69) is 30.1 Å². The molecule has 0 saturated carbocycles. The fourth-order valence-electron chi connectivity index (χ4n) is 4.37. The lowest BCUT2D eigenvalue weighted by Gasteiger charge is -2.18. The number of fused-ring (bicyclic) bond motifs is 1. The molecule has 0 atom stereocenters. The van der Waals surface area contributed by atoms with E-state index in [0.717, 1.165) is 32.7 Å². The van der Waals surface area contributed by atoms with E-state index in [1.54, 1.807) is 57.8 Å². The average molecular weight is 637 g/mol. The van der Waals surface area contributed by atoms with Crippen molar-refractivity contribution in [2.75, 3.05) is 11.5 Å². The Bertz CT molecular complexity index is 2030. The first-order valence-electron chi connectivity index (χ1n) is 14.7. The second kappa shape index (κ2) is 12.7. The number of nitrogen functional groups attached to an aromatic ring is 2. The topological polar surface area (TPSA) is 195 Å². The Labute approximate surface area is 270 Å². The molecule has 0 saturated heterocycles. The molecular weight excluding hydrogens is 600 g/mol. The molecule has 6 rings (SSSR count). The predicted octanol–water partition coefficient (Wildman–Crippen LogP) is 6.16. The zero-order valence-corrected chi connectivity index (χ0v) is 26.9. The van der Waals surface area contributed by atoms with Crippen LogP contribution in [0.15, 0.2) is 79.6 Å². The van der Waals surface area contributed by atoms with Crippen LogP contribution < -0.4 is 11.5 Å². The van der Waals surface area contributed by atoms with Crippen molar-refractivity contribution >= 4 is 34.9 Å². The maximum Gasteiger partial charge on any atom is 0.435 e. The molecular formula is C33H36N10O4. The Balaban J connectivity index is 0.000000194. The number of nitrogens with two attached hydrogens (primary N) is 2. The number of hydrogen-bond acceptors (Lipinski definition) is 11. The Morgan fingerprint density at radius 2 is 1.26 bits per heavy atom. The predicted molar refractivity (Wildman–Crippen MR) is 178 cm³/mol. The molecule has 14 heteroatoms. The molecule has 5 N–H and O–H groups in total. The lowest BCUT2D eigenvalue weighted by atomic mass is 10.1. The Morgan fingerprint density at radius 3 is 1.83 bits per heavy atom. The quantitative estimate of drug-likeness (QED) is 0.201. The number of nitrogens with zero attached hydrogens (tertiary/aromatic N) is 7. The number of nitrogens with one attached hydrogen (secondary N) is 1. The van der Waals surface area contributed by atoms with Crippen LogP contribution in [0.3, 0.4) is 0 Å². The van der Waals surface area contributed by atoms with Gasteiger partial charge >= 0.3 is 12.2 Å². The summed E-state index contributed by atoms with van der Waals surface area (Å²) < 4.78 is 12.9. The average Bonchev–Trinajstić information content (AvgIpc) is 3.77. The molecule has 0 aliphatic heterocycles. The highest BCUT2D eigenvalue weighted by Crippen LogP contribution is 2.29. The summed E-state index contributed by atoms with van der Waals surface area (Å²) in [5, 5.41) is 8.11. The van der Waals surface area contributed by atoms with Gasteiger partial charge in [0.2, 0.25) is 0 Å². The highest BCUT2D eigenvalue weighted by molar-refractivity contribution is 5.91. The van der Waals surface area contributed by atoms with Gasteiger partial charge in [-0.25, -0.2) is 24.5 Å². The number of aromatic amines is 1. The molecule has 5 heterocycles. The number of rotatable bonds is 3. The molecule has 0 aliphatic rings. The first kappa shape index (κ1) is 32.3. The van der Waals surface area contributed by atoms with Crippen molar-refractivity contribution in [2.24, 2.45) is 0 Å². The summed E-state index contributed by atoms with van der Waals surface area (Å²) in [6.45, 7) is 10.8. The van der Waals surface area contributed by atoms with Crippen molar-refractivity contribution in [2.45, 2.75) is 52.7 Å². The fraction of sp³-hybridized carbons (Fsp3) is 0.242. The summed E-state index contributed by atoms with van der Waals surface area (Å²) in [6, 6.07) is 13.4. The van der Waals surface area contributed by atoms with E-state index in [1.807, 2.05) is 57.2 Å². The highest BCUT2D eigenvalue weighted by atomic mass is 16.6. The molecule has 6 aromatic rings. The number of imidazole rings is 1. The van der Waals surface area contributed by atoms with Crippen LogP contribution in [-0.2, 0) is 9.47 Å². The third-order valence-corrected chi connectivity index (χ3v) is 6.41. The van der Waals surface area contributed by atoms with Gasteiger partial charge in [0.15, 0.2) is 5.65 Å². The summed E-state index contributed by atoms with van der Waals surface area (Å²) >= 11 is 0. The van der Waals surface area contributed by atoms with Gasteiger partial charge in [0.05, 0.1) is 23.6 Å².